The van der Waals surface area contributed by atoms with E-state index in [2.05, 4.69) is 20.4 Å². The summed E-state index contributed by atoms with van der Waals surface area (Å²) in [7, 11) is 0. The molecule has 1 unspecified atom stereocenters. The fourth-order valence-electron chi connectivity index (χ4n) is 4.42. The highest BCUT2D eigenvalue weighted by atomic mass is 35.5. The monoisotopic (exact) mass is 483 g/mol. The largest absolute Gasteiger partial charge is 0.369 e. The maximum Gasteiger partial charge on any atom is 0.243 e. The number of hydrogen-bond acceptors (Lipinski definition) is 5. The average molecular weight is 484 g/mol. The van der Waals surface area contributed by atoms with Crippen LogP contribution in [0.25, 0.3) is 0 Å². The summed E-state index contributed by atoms with van der Waals surface area (Å²) in [6, 6.07) is 14.4. The summed E-state index contributed by atoms with van der Waals surface area (Å²) in [6.45, 7) is 6.07. The Balaban J connectivity index is 1.32. The summed E-state index contributed by atoms with van der Waals surface area (Å²) in [5.74, 6) is -0.697. The molecule has 0 radical (unpaired) electrons. The summed E-state index contributed by atoms with van der Waals surface area (Å²) < 4.78 is 0. The quantitative estimate of drug-likeness (QED) is 0.657. The molecule has 180 valence electrons. The van der Waals surface area contributed by atoms with Crippen LogP contribution in [-0.4, -0.2) is 79.4 Å². The van der Waals surface area contributed by atoms with Crippen LogP contribution in [0, 0.1) is 6.92 Å². The van der Waals surface area contributed by atoms with Crippen molar-refractivity contribution < 1.29 is 14.4 Å². The molecular weight excluding hydrogens is 454 g/mol. The maximum absolute atomic E-state index is 13.1. The van der Waals surface area contributed by atoms with Crippen LogP contribution >= 0.6 is 11.6 Å². The second-order valence-electron chi connectivity index (χ2n) is 8.76. The van der Waals surface area contributed by atoms with Gasteiger partial charge in [0, 0.05) is 55.7 Å². The molecule has 2 aliphatic rings. The summed E-state index contributed by atoms with van der Waals surface area (Å²) >= 11 is 5.98. The number of halogens is 1. The number of rotatable bonds is 6. The minimum absolute atomic E-state index is 0.0736. The number of nitrogens with zero attached hydrogens (tertiary/aromatic N) is 3. The molecule has 0 spiro atoms. The lowest BCUT2D eigenvalue weighted by Crippen LogP contribution is -2.60. The van der Waals surface area contributed by atoms with Gasteiger partial charge in [0.05, 0.1) is 13.0 Å². The predicted octanol–water partition coefficient (Wildman–Crippen LogP) is 2.13. The van der Waals surface area contributed by atoms with Crippen molar-refractivity contribution in [1.82, 2.24) is 15.1 Å². The Morgan fingerprint density at radius 3 is 2.50 bits per heavy atom. The second-order valence-corrected chi connectivity index (χ2v) is 9.19. The lowest BCUT2D eigenvalue weighted by atomic mass is 10.1. The topological polar surface area (TPSA) is 85.0 Å². The van der Waals surface area contributed by atoms with Crippen LogP contribution in [0.1, 0.15) is 12.0 Å². The van der Waals surface area contributed by atoms with Crippen molar-refractivity contribution in [2.24, 2.45) is 0 Å². The van der Waals surface area contributed by atoms with Gasteiger partial charge in [-0.15, -0.1) is 0 Å². The van der Waals surface area contributed by atoms with Crippen LogP contribution in [0.4, 0.5) is 11.4 Å². The van der Waals surface area contributed by atoms with E-state index in [1.165, 1.54) is 0 Å². The molecule has 0 aromatic heterocycles. The third kappa shape index (κ3) is 6.07. The number of hydrogen-bond donors (Lipinski definition) is 2. The first kappa shape index (κ1) is 24.0. The Kier molecular flexibility index (Phi) is 7.70. The molecule has 2 heterocycles. The lowest BCUT2D eigenvalue weighted by Gasteiger charge is -2.39. The Hall–Kier alpha value is -3.10. The van der Waals surface area contributed by atoms with E-state index in [0.717, 1.165) is 37.4 Å². The number of aryl methyl sites for hydroxylation is 1. The van der Waals surface area contributed by atoms with Gasteiger partial charge in [-0.25, -0.2) is 0 Å². The summed E-state index contributed by atoms with van der Waals surface area (Å²) in [6.07, 6.45) is -0.0736. The van der Waals surface area contributed by atoms with Gasteiger partial charge in [-0.2, -0.15) is 0 Å². The first-order valence-electron chi connectivity index (χ1n) is 11.6. The van der Waals surface area contributed by atoms with Gasteiger partial charge in [0.15, 0.2) is 0 Å². The maximum atomic E-state index is 13.1. The Bertz CT molecular complexity index is 1040. The SMILES string of the molecule is Cc1cccc(NC(=O)CC2C(=O)NCCN2C(=O)CN2CCN(c3ccc(Cl)cc3)CC2)c1. The van der Waals surface area contributed by atoms with Gasteiger partial charge >= 0.3 is 0 Å². The number of nitrogens with one attached hydrogen (secondary N) is 2. The molecule has 1 atom stereocenters. The highest BCUT2D eigenvalue weighted by molar-refractivity contribution is 6.30. The van der Waals surface area contributed by atoms with E-state index in [9.17, 15) is 14.4 Å². The third-order valence-electron chi connectivity index (χ3n) is 6.25. The molecule has 0 aliphatic carbocycles. The fourth-order valence-corrected chi connectivity index (χ4v) is 4.55. The van der Waals surface area contributed by atoms with Crippen molar-refractivity contribution in [2.75, 3.05) is 56.0 Å². The van der Waals surface area contributed by atoms with Crippen molar-refractivity contribution >= 4 is 40.7 Å². The molecule has 9 heteroatoms. The highest BCUT2D eigenvalue weighted by Gasteiger charge is 2.35. The number of anilines is 2. The van der Waals surface area contributed by atoms with Crippen LogP contribution in [0.3, 0.4) is 0 Å². The van der Waals surface area contributed by atoms with Gasteiger partial charge in [-0.3, -0.25) is 19.3 Å². The lowest BCUT2D eigenvalue weighted by molar-refractivity contribution is -0.145. The van der Waals surface area contributed by atoms with Gasteiger partial charge < -0.3 is 20.4 Å². The van der Waals surface area contributed by atoms with Crippen LogP contribution < -0.4 is 15.5 Å². The van der Waals surface area contributed by atoms with Gasteiger partial charge in [0.25, 0.3) is 0 Å². The molecule has 2 aliphatic heterocycles. The number of piperazine rings is 2. The summed E-state index contributed by atoms with van der Waals surface area (Å²) in [5.41, 5.74) is 2.82. The number of benzene rings is 2. The van der Waals surface area contributed by atoms with E-state index in [1.54, 1.807) is 11.0 Å². The number of amides is 3. The van der Waals surface area contributed by atoms with E-state index in [0.29, 0.717) is 23.8 Å². The zero-order valence-corrected chi connectivity index (χ0v) is 20.1. The summed E-state index contributed by atoms with van der Waals surface area (Å²) in [5, 5.41) is 6.33. The van der Waals surface area contributed by atoms with E-state index >= 15 is 0 Å². The second kappa shape index (κ2) is 10.9. The van der Waals surface area contributed by atoms with E-state index < -0.39 is 6.04 Å². The van der Waals surface area contributed by atoms with Crippen molar-refractivity contribution in [2.45, 2.75) is 19.4 Å². The molecule has 4 rings (SSSR count). The molecule has 3 amide bonds. The average Bonchev–Trinajstić information content (AvgIpc) is 2.81. The van der Waals surface area contributed by atoms with Crippen molar-refractivity contribution in [3.8, 4) is 0 Å². The predicted molar refractivity (Wildman–Crippen MR) is 133 cm³/mol. The summed E-state index contributed by atoms with van der Waals surface area (Å²) in [4.78, 5) is 44.3. The van der Waals surface area contributed by atoms with Gasteiger partial charge in [0.1, 0.15) is 6.04 Å². The Morgan fingerprint density at radius 2 is 1.79 bits per heavy atom. The minimum Gasteiger partial charge on any atom is -0.369 e. The van der Waals surface area contributed by atoms with Crippen molar-refractivity contribution in [3.63, 3.8) is 0 Å². The van der Waals surface area contributed by atoms with E-state index in [4.69, 9.17) is 11.6 Å². The molecule has 8 nitrogen and oxygen atoms in total. The van der Waals surface area contributed by atoms with E-state index in [-0.39, 0.29) is 30.7 Å². The van der Waals surface area contributed by atoms with Crippen LogP contribution in [0.5, 0.6) is 0 Å². The fraction of sp³-hybridized carbons (Fsp3) is 0.400. The Labute approximate surface area is 204 Å². The first-order chi connectivity index (χ1) is 16.4. The van der Waals surface area contributed by atoms with Gasteiger partial charge in [0.2, 0.25) is 17.7 Å². The molecule has 2 saturated heterocycles. The van der Waals surface area contributed by atoms with E-state index in [1.807, 2.05) is 49.4 Å². The van der Waals surface area contributed by atoms with Crippen LogP contribution in [0.2, 0.25) is 5.02 Å². The zero-order chi connectivity index (χ0) is 24.1. The molecular formula is C25H30ClN5O3. The van der Waals surface area contributed by atoms with Gasteiger partial charge in [-0.05, 0) is 48.9 Å². The minimum atomic E-state index is -0.804. The third-order valence-corrected chi connectivity index (χ3v) is 6.51. The van der Waals surface area contributed by atoms with Crippen LogP contribution in [-0.2, 0) is 14.4 Å². The first-order valence-corrected chi connectivity index (χ1v) is 11.9. The highest BCUT2D eigenvalue weighted by Crippen LogP contribution is 2.20. The molecule has 2 aromatic rings. The molecule has 34 heavy (non-hydrogen) atoms. The molecule has 2 N–H and O–H groups in total. The zero-order valence-electron chi connectivity index (χ0n) is 19.3. The molecule has 0 saturated carbocycles. The van der Waals surface area contributed by atoms with Crippen molar-refractivity contribution in [1.29, 1.82) is 0 Å². The molecule has 2 fully saturated rings. The standard InChI is InChI=1S/C25H30ClN5O3/c1-18-3-2-4-20(15-18)28-23(32)16-22-25(34)27-9-10-31(22)24(33)17-29-11-13-30(14-12-29)21-7-5-19(26)6-8-21/h2-8,15,22H,9-14,16-17H2,1H3,(H,27,34)(H,28,32). The van der Waals surface area contributed by atoms with Crippen LogP contribution in [0.15, 0.2) is 48.5 Å². The number of carbonyl (C=O) groups excluding carboxylic acids is 3. The van der Waals surface area contributed by atoms with Crippen molar-refractivity contribution in [3.05, 3.63) is 59.1 Å². The smallest absolute Gasteiger partial charge is 0.243 e. The van der Waals surface area contributed by atoms with Gasteiger partial charge in [-0.1, -0.05) is 23.7 Å². The Morgan fingerprint density at radius 1 is 1.06 bits per heavy atom. The molecule has 2 aromatic carbocycles. The molecule has 0 bridgehead atoms. The number of carbonyl (C=O) groups is 3. The normalized spacial score (nSPS) is 19.0.